The Hall–Kier alpha value is -1.88. The van der Waals surface area contributed by atoms with Crippen LogP contribution >= 0.6 is 0 Å². The van der Waals surface area contributed by atoms with Crippen LogP contribution < -0.4 is 0 Å². The van der Waals surface area contributed by atoms with Gasteiger partial charge in [0, 0.05) is 52.1 Å². The quantitative estimate of drug-likeness (QED) is 0.335. The Kier molecular flexibility index (Phi) is 3.49. The van der Waals surface area contributed by atoms with Crippen LogP contribution in [-0.4, -0.2) is 63.9 Å². The highest BCUT2D eigenvalue weighted by Gasteiger charge is 2.88. The van der Waals surface area contributed by atoms with Crippen molar-refractivity contribution in [1.29, 1.82) is 0 Å². The number of hydrogen-bond acceptors (Lipinski definition) is 10. The van der Waals surface area contributed by atoms with E-state index in [1.807, 2.05) is 0 Å². The summed E-state index contributed by atoms with van der Waals surface area (Å²) < 4.78 is 32.9. The van der Waals surface area contributed by atoms with E-state index < -0.39 is 82.8 Å². The monoisotopic (exact) mass is 396 g/mol. The van der Waals surface area contributed by atoms with Crippen molar-refractivity contribution < 1.29 is 47.6 Å². The SMILES string of the molecule is COC1(OC)C2C3C(=O)OC(=O)C3C2C(OC)(OC)C2C3C(=O)OC(=O)C3C21. The van der Waals surface area contributed by atoms with Crippen molar-refractivity contribution in [2.75, 3.05) is 28.4 Å². The molecule has 0 aromatic carbocycles. The largest absolute Gasteiger partial charge is 0.393 e. The lowest BCUT2D eigenvalue weighted by Crippen LogP contribution is -2.83. The number of esters is 4. The van der Waals surface area contributed by atoms with Crippen molar-refractivity contribution in [3.05, 3.63) is 0 Å². The lowest BCUT2D eigenvalue weighted by Gasteiger charge is -2.71. The van der Waals surface area contributed by atoms with Crippen LogP contribution in [0.15, 0.2) is 0 Å². The molecular weight excluding hydrogens is 376 g/mol. The summed E-state index contributed by atoms with van der Waals surface area (Å²) in [5.74, 6) is -11.2. The Bertz CT molecular complexity index is 674. The van der Waals surface area contributed by atoms with E-state index in [-0.39, 0.29) is 0 Å². The van der Waals surface area contributed by atoms with Gasteiger partial charge in [-0.2, -0.15) is 0 Å². The van der Waals surface area contributed by atoms with Crippen LogP contribution in [0.3, 0.4) is 0 Å². The molecule has 0 aromatic rings. The number of cyclic esters (lactones) is 4. The summed E-state index contributed by atoms with van der Waals surface area (Å²) in [4.78, 5) is 49.5. The molecule has 0 N–H and O–H groups in total. The molecule has 5 rings (SSSR count). The molecule has 3 aliphatic carbocycles. The second-order valence-electron chi connectivity index (χ2n) is 7.95. The highest BCUT2D eigenvalue weighted by Crippen LogP contribution is 2.75. The highest BCUT2D eigenvalue weighted by atomic mass is 16.7. The fourth-order valence-electron chi connectivity index (χ4n) is 6.84. The van der Waals surface area contributed by atoms with E-state index in [1.165, 1.54) is 28.4 Å². The van der Waals surface area contributed by atoms with Gasteiger partial charge >= 0.3 is 23.9 Å². The molecule has 0 radical (unpaired) electrons. The molecule has 152 valence electrons. The first-order chi connectivity index (χ1) is 13.3. The van der Waals surface area contributed by atoms with Crippen LogP contribution in [-0.2, 0) is 47.6 Å². The zero-order valence-electron chi connectivity index (χ0n) is 15.7. The third kappa shape index (κ3) is 1.59. The Morgan fingerprint density at radius 3 is 0.929 bits per heavy atom. The number of methoxy groups -OCH3 is 4. The molecule has 2 heterocycles. The smallest absolute Gasteiger partial charge is 0.317 e. The highest BCUT2D eigenvalue weighted by molar-refractivity contribution is 6.00. The summed E-state index contributed by atoms with van der Waals surface area (Å²) in [6, 6.07) is 0. The van der Waals surface area contributed by atoms with Crippen LogP contribution in [0.4, 0.5) is 0 Å². The molecule has 10 nitrogen and oxygen atoms in total. The number of rotatable bonds is 4. The zero-order chi connectivity index (χ0) is 20.2. The van der Waals surface area contributed by atoms with E-state index in [9.17, 15) is 19.2 Å². The number of hydrogen-bond donors (Lipinski definition) is 0. The summed E-state index contributed by atoms with van der Waals surface area (Å²) in [6.45, 7) is 0. The molecular formula is C18H20O10. The van der Waals surface area contributed by atoms with Gasteiger partial charge < -0.3 is 28.4 Å². The predicted molar refractivity (Wildman–Crippen MR) is 83.6 cm³/mol. The molecule has 2 saturated heterocycles. The maximum Gasteiger partial charge on any atom is 0.317 e. The third-order valence-electron chi connectivity index (χ3n) is 7.72. The van der Waals surface area contributed by atoms with Crippen molar-refractivity contribution in [3.63, 3.8) is 0 Å². The first-order valence-electron chi connectivity index (χ1n) is 9.06. The number of ether oxygens (including phenoxy) is 6. The van der Waals surface area contributed by atoms with Crippen molar-refractivity contribution in [3.8, 4) is 0 Å². The summed E-state index contributed by atoms with van der Waals surface area (Å²) in [5.41, 5.74) is 0. The van der Waals surface area contributed by atoms with Crippen LogP contribution in [0.25, 0.3) is 0 Å². The van der Waals surface area contributed by atoms with Crippen LogP contribution in [0.5, 0.6) is 0 Å². The molecule has 8 unspecified atom stereocenters. The molecule has 2 aliphatic heterocycles. The Morgan fingerprint density at radius 1 is 0.536 bits per heavy atom. The van der Waals surface area contributed by atoms with Gasteiger partial charge in [0.25, 0.3) is 0 Å². The number of carbonyl (C=O) groups is 4. The molecule has 0 spiro atoms. The molecule has 5 fully saturated rings. The standard InChI is InChI=1S/C18H20O10/c1-23-17(24-2)9-5-7(15(21)27-13(5)19)11(9)18(25-3,26-4)12-8-6(10(12)17)14(20)28-16(8)22/h5-12H,1-4H3. The van der Waals surface area contributed by atoms with Gasteiger partial charge in [-0.05, 0) is 0 Å². The first-order valence-corrected chi connectivity index (χ1v) is 9.06. The number of fused-ring (bicyclic) bond motifs is 8. The topological polar surface area (TPSA) is 124 Å². The molecule has 10 heteroatoms. The second kappa shape index (κ2) is 5.38. The maximum absolute atomic E-state index is 12.4. The van der Waals surface area contributed by atoms with Crippen molar-refractivity contribution in [2.45, 2.75) is 11.6 Å². The van der Waals surface area contributed by atoms with Gasteiger partial charge in [-0.3, -0.25) is 19.2 Å². The van der Waals surface area contributed by atoms with Crippen LogP contribution in [0, 0.1) is 47.3 Å². The molecule has 0 bridgehead atoms. The van der Waals surface area contributed by atoms with E-state index in [0.717, 1.165) is 0 Å². The Morgan fingerprint density at radius 2 is 0.750 bits per heavy atom. The van der Waals surface area contributed by atoms with Gasteiger partial charge in [0.15, 0.2) is 11.6 Å². The van der Waals surface area contributed by atoms with Gasteiger partial charge in [-0.1, -0.05) is 0 Å². The zero-order valence-corrected chi connectivity index (χ0v) is 15.7. The molecule has 3 saturated carbocycles. The summed E-state index contributed by atoms with van der Waals surface area (Å²) in [5, 5.41) is 0. The lowest BCUT2D eigenvalue weighted by molar-refractivity contribution is -0.453. The van der Waals surface area contributed by atoms with Gasteiger partial charge in [-0.25, -0.2) is 0 Å². The van der Waals surface area contributed by atoms with Gasteiger partial charge in [0.1, 0.15) is 0 Å². The summed E-state index contributed by atoms with van der Waals surface area (Å²) >= 11 is 0. The third-order valence-corrected chi connectivity index (χ3v) is 7.72. The van der Waals surface area contributed by atoms with Gasteiger partial charge in [0.2, 0.25) is 0 Å². The molecule has 28 heavy (non-hydrogen) atoms. The fraction of sp³-hybridized carbons (Fsp3) is 0.778. The summed E-state index contributed by atoms with van der Waals surface area (Å²) in [6.07, 6.45) is 0. The minimum Gasteiger partial charge on any atom is -0.393 e. The van der Waals surface area contributed by atoms with Crippen molar-refractivity contribution in [2.24, 2.45) is 47.3 Å². The normalized spacial score (nSPS) is 46.4. The fourth-order valence-corrected chi connectivity index (χ4v) is 6.84. The minimum absolute atomic E-state index is 0.656. The first kappa shape index (κ1) is 18.2. The molecule has 5 aliphatic rings. The van der Waals surface area contributed by atoms with E-state index in [1.54, 1.807) is 0 Å². The van der Waals surface area contributed by atoms with E-state index in [2.05, 4.69) is 0 Å². The van der Waals surface area contributed by atoms with E-state index in [0.29, 0.717) is 0 Å². The van der Waals surface area contributed by atoms with E-state index >= 15 is 0 Å². The molecule has 8 atom stereocenters. The van der Waals surface area contributed by atoms with Crippen molar-refractivity contribution >= 4 is 23.9 Å². The van der Waals surface area contributed by atoms with Crippen molar-refractivity contribution in [1.82, 2.24) is 0 Å². The predicted octanol–water partition coefficient (Wildman–Crippen LogP) is -0.898. The molecule has 0 aromatic heterocycles. The minimum atomic E-state index is -1.40. The average molecular weight is 396 g/mol. The van der Waals surface area contributed by atoms with Crippen LogP contribution in [0.2, 0.25) is 0 Å². The number of carbonyl (C=O) groups excluding carboxylic acids is 4. The van der Waals surface area contributed by atoms with Gasteiger partial charge in [-0.15, -0.1) is 0 Å². The van der Waals surface area contributed by atoms with Crippen LogP contribution in [0.1, 0.15) is 0 Å². The second-order valence-corrected chi connectivity index (χ2v) is 7.95. The lowest BCUT2D eigenvalue weighted by atomic mass is 9.36. The summed E-state index contributed by atoms with van der Waals surface area (Å²) in [7, 11) is 5.65. The average Bonchev–Trinajstić information content (AvgIpc) is 3.00. The Balaban J connectivity index is 1.72. The Labute approximate surface area is 159 Å². The van der Waals surface area contributed by atoms with E-state index in [4.69, 9.17) is 28.4 Å². The van der Waals surface area contributed by atoms with Gasteiger partial charge in [0.05, 0.1) is 23.7 Å². The molecule has 0 amide bonds. The maximum atomic E-state index is 12.4.